The molecule has 1 aliphatic carbocycles. The normalized spacial score (nSPS) is 14.0. The van der Waals surface area contributed by atoms with E-state index >= 15 is 0 Å². The first kappa shape index (κ1) is 15.7. The number of carbonyl (C=O) groups is 1. The Hall–Kier alpha value is -2.85. The van der Waals surface area contributed by atoms with Crippen molar-refractivity contribution in [3.05, 3.63) is 53.3 Å². The Morgan fingerprint density at radius 2 is 2.20 bits per heavy atom. The summed E-state index contributed by atoms with van der Waals surface area (Å²) in [5, 5.41) is 13.8. The lowest BCUT2D eigenvalue weighted by Crippen LogP contribution is -2.45. The summed E-state index contributed by atoms with van der Waals surface area (Å²) in [6.45, 7) is 0.501. The molecule has 6 nitrogen and oxygen atoms in total. The zero-order valence-electron chi connectivity index (χ0n) is 13.6. The zero-order chi connectivity index (χ0) is 17.2. The molecule has 0 atom stereocenters. The molecular weight excluding hydrogens is 334 g/mol. The number of hydrogen-bond acceptors (Lipinski definition) is 4. The second-order valence-electron chi connectivity index (χ2n) is 6.16. The van der Waals surface area contributed by atoms with Gasteiger partial charge in [0.2, 0.25) is 0 Å². The summed E-state index contributed by atoms with van der Waals surface area (Å²) in [6, 6.07) is 9.13. The lowest BCUT2D eigenvalue weighted by molar-refractivity contribution is 0.143. The molecule has 2 amide bonds. The number of aromatic nitrogens is 2. The molecule has 1 saturated carbocycles. The number of imidazole rings is 1. The Balaban J connectivity index is 1.50. The Bertz CT molecular complexity index is 904. The van der Waals surface area contributed by atoms with Crippen molar-refractivity contribution in [3.8, 4) is 6.07 Å². The number of fused-ring (bicyclic) bond motifs is 1. The van der Waals surface area contributed by atoms with E-state index in [1.54, 1.807) is 35.6 Å². The number of urea groups is 1. The highest BCUT2D eigenvalue weighted by molar-refractivity contribution is 7.15. The van der Waals surface area contributed by atoms with Gasteiger partial charge in [-0.25, -0.2) is 9.78 Å². The summed E-state index contributed by atoms with van der Waals surface area (Å²) >= 11 is 1.58. The summed E-state index contributed by atoms with van der Waals surface area (Å²) in [4.78, 5) is 20.2. The average Bonchev–Trinajstić information content (AvgIpc) is 3.14. The van der Waals surface area contributed by atoms with Crippen LogP contribution in [-0.2, 0) is 6.54 Å². The van der Waals surface area contributed by atoms with Gasteiger partial charge in [-0.1, -0.05) is 0 Å². The van der Waals surface area contributed by atoms with Crippen LogP contribution in [-0.4, -0.2) is 26.4 Å². The second kappa shape index (κ2) is 6.57. The van der Waals surface area contributed by atoms with Gasteiger partial charge in [0, 0.05) is 29.5 Å². The van der Waals surface area contributed by atoms with Crippen LogP contribution in [0.5, 0.6) is 0 Å². The smallest absolute Gasteiger partial charge is 0.316 e. The fourth-order valence-electron chi connectivity index (χ4n) is 2.92. The lowest BCUT2D eigenvalue weighted by Gasteiger charge is -2.37. The van der Waals surface area contributed by atoms with Crippen LogP contribution in [0, 0.1) is 11.3 Å². The van der Waals surface area contributed by atoms with Crippen molar-refractivity contribution >= 4 is 28.0 Å². The van der Waals surface area contributed by atoms with Crippen LogP contribution >= 0.6 is 11.3 Å². The van der Waals surface area contributed by atoms with Gasteiger partial charge in [0.15, 0.2) is 4.96 Å². The molecule has 1 aliphatic rings. The highest BCUT2D eigenvalue weighted by atomic mass is 32.1. The van der Waals surface area contributed by atoms with E-state index in [9.17, 15) is 4.79 Å². The SMILES string of the molecule is N#Cc1ccc(NC(=O)N(Cc2cn3ccsc3n2)C2CCC2)cc1. The maximum atomic E-state index is 12.8. The van der Waals surface area contributed by atoms with E-state index in [-0.39, 0.29) is 12.1 Å². The molecule has 3 aromatic rings. The van der Waals surface area contributed by atoms with Gasteiger partial charge in [0.05, 0.1) is 23.9 Å². The number of hydrogen-bond donors (Lipinski definition) is 1. The molecule has 4 rings (SSSR count). The quantitative estimate of drug-likeness (QED) is 0.776. The van der Waals surface area contributed by atoms with E-state index in [1.165, 1.54) is 0 Å². The molecular formula is C18H17N5OS. The summed E-state index contributed by atoms with van der Waals surface area (Å²) in [5.41, 5.74) is 2.17. The molecule has 2 aromatic heterocycles. The minimum Gasteiger partial charge on any atom is -0.316 e. The monoisotopic (exact) mass is 351 g/mol. The van der Waals surface area contributed by atoms with E-state index in [4.69, 9.17) is 5.26 Å². The van der Waals surface area contributed by atoms with Crippen molar-refractivity contribution in [2.75, 3.05) is 5.32 Å². The Kier molecular flexibility index (Phi) is 4.12. The van der Waals surface area contributed by atoms with Crippen LogP contribution < -0.4 is 5.32 Å². The number of amides is 2. The summed E-state index contributed by atoms with van der Waals surface area (Å²) in [6.07, 6.45) is 7.17. The predicted octanol–water partition coefficient (Wildman–Crippen LogP) is 3.85. The summed E-state index contributed by atoms with van der Waals surface area (Å²) < 4.78 is 1.98. The molecule has 0 saturated heterocycles. The number of nitriles is 1. The number of thiazole rings is 1. The Morgan fingerprint density at radius 3 is 2.84 bits per heavy atom. The first-order valence-corrected chi connectivity index (χ1v) is 9.10. The minimum absolute atomic E-state index is 0.120. The van der Waals surface area contributed by atoms with Crippen LogP contribution in [0.3, 0.4) is 0 Å². The van der Waals surface area contributed by atoms with E-state index in [1.807, 2.05) is 27.1 Å². The van der Waals surface area contributed by atoms with Crippen molar-refractivity contribution in [2.24, 2.45) is 0 Å². The van der Waals surface area contributed by atoms with Gasteiger partial charge in [0.25, 0.3) is 0 Å². The molecule has 0 unspecified atom stereocenters. The lowest BCUT2D eigenvalue weighted by atomic mass is 9.91. The number of nitrogens with one attached hydrogen (secondary N) is 1. The topological polar surface area (TPSA) is 73.4 Å². The molecule has 0 aliphatic heterocycles. The number of anilines is 1. The van der Waals surface area contributed by atoms with E-state index in [2.05, 4.69) is 16.4 Å². The molecule has 1 N–H and O–H groups in total. The van der Waals surface area contributed by atoms with Gasteiger partial charge in [-0.3, -0.25) is 4.40 Å². The largest absolute Gasteiger partial charge is 0.322 e. The fourth-order valence-corrected chi connectivity index (χ4v) is 3.63. The van der Waals surface area contributed by atoms with Crippen molar-refractivity contribution in [2.45, 2.75) is 31.8 Å². The van der Waals surface area contributed by atoms with Crippen molar-refractivity contribution < 1.29 is 4.79 Å². The Morgan fingerprint density at radius 1 is 1.40 bits per heavy atom. The van der Waals surface area contributed by atoms with Crippen molar-refractivity contribution in [1.29, 1.82) is 5.26 Å². The zero-order valence-corrected chi connectivity index (χ0v) is 14.4. The predicted molar refractivity (Wildman–Crippen MR) is 96.4 cm³/mol. The second-order valence-corrected chi connectivity index (χ2v) is 7.03. The fraction of sp³-hybridized carbons (Fsp3) is 0.278. The molecule has 0 spiro atoms. The summed E-state index contributed by atoms with van der Waals surface area (Å²) in [7, 11) is 0. The number of carbonyl (C=O) groups excluding carboxylic acids is 1. The van der Waals surface area contributed by atoms with Crippen LogP contribution in [0.1, 0.15) is 30.5 Å². The molecule has 0 bridgehead atoms. The van der Waals surface area contributed by atoms with Crippen LogP contribution in [0.4, 0.5) is 10.5 Å². The third-order valence-electron chi connectivity index (χ3n) is 4.52. The van der Waals surface area contributed by atoms with Crippen molar-refractivity contribution in [3.63, 3.8) is 0 Å². The van der Waals surface area contributed by atoms with Crippen molar-refractivity contribution in [1.82, 2.24) is 14.3 Å². The van der Waals surface area contributed by atoms with E-state index in [0.717, 1.165) is 29.9 Å². The van der Waals surface area contributed by atoms with Crippen LogP contribution in [0.25, 0.3) is 4.96 Å². The first-order chi connectivity index (χ1) is 12.2. The molecule has 1 fully saturated rings. The van der Waals surface area contributed by atoms with E-state index < -0.39 is 0 Å². The molecule has 126 valence electrons. The molecule has 7 heteroatoms. The third kappa shape index (κ3) is 3.21. The van der Waals surface area contributed by atoms with Gasteiger partial charge in [-0.15, -0.1) is 11.3 Å². The number of rotatable bonds is 4. The van der Waals surface area contributed by atoms with Gasteiger partial charge >= 0.3 is 6.03 Å². The Labute approximate surface area is 149 Å². The number of nitrogens with zero attached hydrogens (tertiary/aromatic N) is 4. The molecule has 0 radical (unpaired) electrons. The van der Waals surface area contributed by atoms with Gasteiger partial charge in [-0.05, 0) is 43.5 Å². The molecule has 25 heavy (non-hydrogen) atoms. The number of benzene rings is 1. The minimum atomic E-state index is -0.120. The standard InChI is InChI=1S/C18H17N5OS/c19-10-13-4-6-14(7-5-13)20-17(24)23(16-2-1-3-16)12-15-11-22-8-9-25-18(22)21-15/h4-9,11,16H,1-3,12H2,(H,20,24). The summed E-state index contributed by atoms with van der Waals surface area (Å²) in [5.74, 6) is 0. The highest BCUT2D eigenvalue weighted by Gasteiger charge is 2.29. The maximum Gasteiger partial charge on any atom is 0.322 e. The third-order valence-corrected chi connectivity index (χ3v) is 5.29. The first-order valence-electron chi connectivity index (χ1n) is 8.22. The molecule has 2 heterocycles. The highest BCUT2D eigenvalue weighted by Crippen LogP contribution is 2.27. The van der Waals surface area contributed by atoms with Gasteiger partial charge in [-0.2, -0.15) is 5.26 Å². The maximum absolute atomic E-state index is 12.8. The van der Waals surface area contributed by atoms with E-state index in [0.29, 0.717) is 17.8 Å². The van der Waals surface area contributed by atoms with Gasteiger partial charge < -0.3 is 10.2 Å². The van der Waals surface area contributed by atoms with Gasteiger partial charge in [0.1, 0.15) is 0 Å². The average molecular weight is 351 g/mol. The van der Waals surface area contributed by atoms with Crippen LogP contribution in [0.15, 0.2) is 42.0 Å². The van der Waals surface area contributed by atoms with Crippen LogP contribution in [0.2, 0.25) is 0 Å². The molecule has 1 aromatic carbocycles.